The van der Waals surface area contributed by atoms with Gasteiger partial charge >= 0.3 is 6.03 Å². The zero-order valence-electron chi connectivity index (χ0n) is 20.2. The smallest absolute Gasteiger partial charge is 0.330 e. The maximum atomic E-state index is 13.1. The molecule has 0 unspecified atom stereocenters. The second kappa shape index (κ2) is 10.0. The van der Waals surface area contributed by atoms with Crippen LogP contribution < -0.4 is 0 Å². The maximum absolute atomic E-state index is 13.1. The minimum Gasteiger partial charge on any atom is -0.343 e. The molecule has 9 heteroatoms. The second-order valence-electron chi connectivity index (χ2n) is 9.85. The van der Waals surface area contributed by atoms with Gasteiger partial charge in [0.2, 0.25) is 5.91 Å². The average Bonchev–Trinajstić information content (AvgIpc) is 3.33. The highest BCUT2D eigenvalue weighted by atomic mass is 35.5. The number of benzene rings is 2. The van der Waals surface area contributed by atoms with E-state index < -0.39 is 0 Å². The number of aryl methyl sites for hydroxylation is 1. The monoisotopic (exact) mass is 532 g/mol. The summed E-state index contributed by atoms with van der Waals surface area (Å²) in [5.74, 6) is 0.924. The first-order chi connectivity index (χ1) is 16.2. The number of thioether (sulfide) groups is 1. The van der Waals surface area contributed by atoms with Crippen molar-refractivity contribution in [3.05, 3.63) is 59.1 Å². The highest BCUT2D eigenvalue weighted by molar-refractivity contribution is 8.00. The molecule has 5 rings (SSSR count). The van der Waals surface area contributed by atoms with Crippen molar-refractivity contribution in [1.29, 1.82) is 0 Å². The third-order valence-corrected chi connectivity index (χ3v) is 8.21. The lowest BCUT2D eigenvalue weighted by atomic mass is 10.0. The Hall–Kier alpha value is -2.22. The molecule has 0 radical (unpaired) electrons. The fourth-order valence-electron chi connectivity index (χ4n) is 5.04. The Morgan fingerprint density at radius 1 is 1.14 bits per heavy atom. The zero-order chi connectivity index (χ0) is 24.0. The first-order valence-corrected chi connectivity index (χ1v) is 12.9. The summed E-state index contributed by atoms with van der Waals surface area (Å²) in [5.41, 5.74) is 0.955. The number of aromatic nitrogens is 2. The minimum atomic E-state index is -0.229. The first kappa shape index (κ1) is 25.9. The van der Waals surface area contributed by atoms with Gasteiger partial charge in [-0.2, -0.15) is 0 Å². The SMILES string of the molecule is Cc1ncc2n1C(=O)N(C1CCN(C(=O)CC(C)(C)Sc3ccc4cc(Cl)ccc4c3)CC1)C2.Cl. The first-order valence-electron chi connectivity index (χ1n) is 11.7. The lowest BCUT2D eigenvalue weighted by molar-refractivity contribution is -0.133. The predicted molar refractivity (Wildman–Crippen MR) is 144 cm³/mol. The Labute approximate surface area is 221 Å². The van der Waals surface area contributed by atoms with Crippen LogP contribution in [0.25, 0.3) is 10.8 Å². The molecule has 1 saturated heterocycles. The van der Waals surface area contributed by atoms with Crippen molar-refractivity contribution in [1.82, 2.24) is 19.4 Å². The van der Waals surface area contributed by atoms with Crippen LogP contribution in [0.3, 0.4) is 0 Å². The molecule has 1 aromatic heterocycles. The van der Waals surface area contributed by atoms with Crippen molar-refractivity contribution in [2.45, 2.75) is 62.3 Å². The van der Waals surface area contributed by atoms with Crippen LogP contribution in [0.4, 0.5) is 4.79 Å². The molecule has 3 heterocycles. The number of halogens is 2. The van der Waals surface area contributed by atoms with E-state index in [2.05, 4.69) is 37.0 Å². The number of likely N-dealkylation sites (tertiary alicyclic amines) is 1. The van der Waals surface area contributed by atoms with Gasteiger partial charge in [-0.15, -0.1) is 24.2 Å². The van der Waals surface area contributed by atoms with E-state index in [1.165, 1.54) is 0 Å². The van der Waals surface area contributed by atoms with Crippen LogP contribution in [-0.4, -0.2) is 55.2 Å². The number of rotatable bonds is 5. The average molecular weight is 534 g/mol. The van der Waals surface area contributed by atoms with Crippen LogP contribution in [0.1, 0.15) is 44.6 Å². The molecule has 2 amide bonds. The van der Waals surface area contributed by atoms with Gasteiger partial charge in [-0.05, 0) is 68.7 Å². The third-order valence-electron chi connectivity index (χ3n) is 6.78. The molecule has 0 saturated carbocycles. The summed E-state index contributed by atoms with van der Waals surface area (Å²) in [6, 6.07) is 12.4. The van der Waals surface area contributed by atoms with Crippen LogP contribution in [-0.2, 0) is 11.3 Å². The highest BCUT2D eigenvalue weighted by Gasteiger charge is 2.37. The Balaban J connectivity index is 0.00000289. The van der Waals surface area contributed by atoms with Crippen molar-refractivity contribution in [2.24, 2.45) is 0 Å². The molecule has 0 spiro atoms. The molecule has 0 atom stereocenters. The van der Waals surface area contributed by atoms with Gasteiger partial charge < -0.3 is 9.80 Å². The van der Waals surface area contributed by atoms with Crippen molar-refractivity contribution in [2.75, 3.05) is 13.1 Å². The topological polar surface area (TPSA) is 58.4 Å². The van der Waals surface area contributed by atoms with Crippen LogP contribution >= 0.6 is 35.8 Å². The molecular weight excluding hydrogens is 503 g/mol. The summed E-state index contributed by atoms with van der Waals surface area (Å²) < 4.78 is 1.48. The quantitative estimate of drug-likeness (QED) is 0.369. The molecule has 6 nitrogen and oxygen atoms in total. The fourth-order valence-corrected chi connectivity index (χ4v) is 6.37. The summed E-state index contributed by atoms with van der Waals surface area (Å²) in [5, 5.41) is 3.00. The van der Waals surface area contributed by atoms with Crippen LogP contribution in [0.2, 0.25) is 5.02 Å². The standard InChI is InChI=1S/C26H29ClN4O2S.ClH/c1-17-28-15-22-16-30(25(33)31(17)22)21-8-10-29(11-9-21)24(32)14-26(2,3)34-23-7-5-18-12-20(27)6-4-19(18)13-23;/h4-7,12-13,15,21H,8-11,14,16H2,1-3H3;1H. The Kier molecular flexibility index (Phi) is 7.41. The summed E-state index contributed by atoms with van der Waals surface area (Å²) in [6.45, 7) is 8.11. The number of fused-ring (bicyclic) bond motifs is 2. The van der Waals surface area contributed by atoms with Crippen molar-refractivity contribution in [3.63, 3.8) is 0 Å². The molecule has 3 aromatic rings. The van der Waals surface area contributed by atoms with Crippen LogP contribution in [0.15, 0.2) is 47.5 Å². The van der Waals surface area contributed by atoms with E-state index in [0.717, 1.165) is 45.1 Å². The van der Waals surface area contributed by atoms with Gasteiger partial charge in [-0.3, -0.25) is 9.36 Å². The summed E-state index contributed by atoms with van der Waals surface area (Å²) in [6.07, 6.45) is 3.89. The largest absolute Gasteiger partial charge is 0.343 e. The van der Waals surface area contributed by atoms with Crippen molar-refractivity contribution in [3.8, 4) is 0 Å². The van der Waals surface area contributed by atoms with Gasteiger partial charge in [0.15, 0.2) is 0 Å². The fraction of sp³-hybridized carbons (Fsp3) is 0.423. The van der Waals surface area contributed by atoms with E-state index in [-0.39, 0.29) is 35.1 Å². The maximum Gasteiger partial charge on any atom is 0.330 e. The number of carbonyl (C=O) groups excluding carboxylic acids is 2. The number of piperidine rings is 1. The van der Waals surface area contributed by atoms with Gasteiger partial charge in [0.25, 0.3) is 0 Å². The molecule has 1 fully saturated rings. The van der Waals surface area contributed by atoms with E-state index in [9.17, 15) is 9.59 Å². The van der Waals surface area contributed by atoms with E-state index in [4.69, 9.17) is 11.6 Å². The number of amides is 2. The lowest BCUT2D eigenvalue weighted by Crippen LogP contribution is -2.48. The van der Waals surface area contributed by atoms with E-state index >= 15 is 0 Å². The Bertz CT molecular complexity index is 1270. The third kappa shape index (κ3) is 5.32. The summed E-state index contributed by atoms with van der Waals surface area (Å²) in [4.78, 5) is 35.2. The number of hydrogen-bond acceptors (Lipinski definition) is 4. The molecule has 2 aliphatic rings. The molecule has 0 bridgehead atoms. The second-order valence-corrected chi connectivity index (χ2v) is 12.1. The van der Waals surface area contributed by atoms with Crippen LogP contribution in [0, 0.1) is 6.92 Å². The lowest BCUT2D eigenvalue weighted by Gasteiger charge is -2.37. The summed E-state index contributed by atoms with van der Waals surface area (Å²) in [7, 11) is 0. The van der Waals surface area contributed by atoms with Crippen molar-refractivity contribution < 1.29 is 9.59 Å². The van der Waals surface area contributed by atoms with E-state index in [1.54, 1.807) is 22.5 Å². The molecule has 35 heavy (non-hydrogen) atoms. The molecule has 0 aliphatic carbocycles. The number of carbonyl (C=O) groups is 2. The van der Waals surface area contributed by atoms with Gasteiger partial charge in [-0.25, -0.2) is 9.78 Å². The molecule has 186 valence electrons. The van der Waals surface area contributed by atoms with Gasteiger partial charge in [0.1, 0.15) is 5.82 Å². The number of imidazole rings is 1. The van der Waals surface area contributed by atoms with Gasteiger partial charge in [0.05, 0.1) is 18.4 Å². The minimum absolute atomic E-state index is 0. The Morgan fingerprint density at radius 2 is 1.83 bits per heavy atom. The molecule has 0 N–H and O–H groups in total. The Morgan fingerprint density at radius 3 is 2.54 bits per heavy atom. The van der Waals surface area contributed by atoms with Gasteiger partial charge in [0, 0.05) is 40.2 Å². The molecule has 2 aromatic carbocycles. The number of hydrogen-bond donors (Lipinski definition) is 0. The number of nitrogens with zero attached hydrogens (tertiary/aromatic N) is 4. The normalized spacial score (nSPS) is 16.5. The highest BCUT2D eigenvalue weighted by Crippen LogP contribution is 2.37. The van der Waals surface area contributed by atoms with E-state index in [0.29, 0.717) is 26.1 Å². The van der Waals surface area contributed by atoms with Gasteiger partial charge in [-0.1, -0.05) is 23.7 Å². The molecular formula is C26H30Cl2N4O2S. The zero-order valence-corrected chi connectivity index (χ0v) is 22.6. The van der Waals surface area contributed by atoms with E-state index in [1.807, 2.05) is 34.9 Å². The van der Waals surface area contributed by atoms with Crippen LogP contribution in [0.5, 0.6) is 0 Å². The van der Waals surface area contributed by atoms with Crippen molar-refractivity contribution >= 4 is 58.5 Å². The summed E-state index contributed by atoms with van der Waals surface area (Å²) >= 11 is 7.83. The predicted octanol–water partition coefficient (Wildman–Crippen LogP) is 6.16. The molecule has 2 aliphatic heterocycles.